The molecule has 0 heterocycles. The maximum Gasteiger partial charge on any atom is -0.0329 e. The zero-order chi connectivity index (χ0) is 11.0. The predicted octanol–water partition coefficient (Wildman–Crippen LogP) is 4.74. The smallest absolute Gasteiger partial charge is 0.0329 e. The first-order valence-corrected chi connectivity index (χ1v) is 7.19. The molecule has 0 nitrogen and oxygen atoms in total. The normalized spacial score (nSPS) is 46.0. The van der Waals surface area contributed by atoms with Gasteiger partial charge in [-0.1, -0.05) is 47.0 Å². The van der Waals surface area contributed by atoms with E-state index in [0.29, 0.717) is 0 Å². The average Bonchev–Trinajstić information content (AvgIpc) is 2.16. The largest absolute Gasteiger partial charge is 0.0654 e. The molecule has 0 aromatic heterocycles. The molecule has 0 spiro atoms. The molecule has 0 aromatic rings. The van der Waals surface area contributed by atoms with Crippen molar-refractivity contribution < 1.29 is 0 Å². The topological polar surface area (TPSA) is 0 Å². The quantitative estimate of drug-likeness (QED) is 0.626. The zero-order valence-electron chi connectivity index (χ0n) is 11.0. The Morgan fingerprint density at radius 2 is 1.93 bits per heavy atom. The van der Waals surface area contributed by atoms with Crippen molar-refractivity contribution in [2.45, 2.75) is 59.8 Å². The van der Waals surface area contributed by atoms with E-state index in [9.17, 15) is 0 Å². The minimum absolute atomic E-state index is 1.00. The lowest BCUT2D eigenvalue weighted by atomic mass is 9.47. The third-order valence-electron chi connectivity index (χ3n) is 5.44. The van der Waals surface area contributed by atoms with E-state index in [0.717, 1.165) is 35.5 Å². The molecule has 0 radical (unpaired) electrons. The number of fused-ring (bicyclic) bond motifs is 2. The molecule has 0 saturated heterocycles. The van der Waals surface area contributed by atoms with Crippen LogP contribution in [0.1, 0.15) is 59.8 Å². The second-order valence-corrected chi connectivity index (χ2v) is 6.29. The molecular formula is C15H28. The van der Waals surface area contributed by atoms with Crippen molar-refractivity contribution in [2.24, 2.45) is 35.5 Å². The van der Waals surface area contributed by atoms with E-state index in [1.165, 1.54) is 25.7 Å². The van der Waals surface area contributed by atoms with E-state index in [2.05, 4.69) is 27.7 Å². The third-order valence-corrected chi connectivity index (χ3v) is 5.44. The summed E-state index contributed by atoms with van der Waals surface area (Å²) in [7, 11) is 0. The molecule has 6 unspecified atom stereocenters. The maximum absolute atomic E-state index is 2.51. The molecular weight excluding hydrogens is 180 g/mol. The zero-order valence-corrected chi connectivity index (χ0v) is 11.0. The van der Waals surface area contributed by atoms with Gasteiger partial charge in [-0.25, -0.2) is 0 Å². The molecule has 3 aliphatic carbocycles. The van der Waals surface area contributed by atoms with Gasteiger partial charge in [0, 0.05) is 0 Å². The molecule has 3 rings (SSSR count). The SMILES string of the molecule is CCCC(C)C1C2CC(C)C(CC)C1C2. The molecule has 0 N–H and O–H groups in total. The first kappa shape index (κ1) is 11.5. The fraction of sp³-hybridized carbons (Fsp3) is 1.00. The first-order chi connectivity index (χ1) is 7.19. The van der Waals surface area contributed by atoms with Crippen LogP contribution in [0.25, 0.3) is 0 Å². The van der Waals surface area contributed by atoms with Crippen LogP contribution in [0.4, 0.5) is 0 Å². The molecule has 2 bridgehead atoms. The van der Waals surface area contributed by atoms with Crippen LogP contribution in [-0.4, -0.2) is 0 Å². The van der Waals surface area contributed by atoms with Gasteiger partial charge in [-0.05, 0) is 48.3 Å². The van der Waals surface area contributed by atoms with Crippen molar-refractivity contribution in [3.05, 3.63) is 0 Å². The number of hydrogen-bond acceptors (Lipinski definition) is 0. The molecule has 0 amide bonds. The number of rotatable bonds is 4. The van der Waals surface area contributed by atoms with Crippen LogP contribution in [0, 0.1) is 35.5 Å². The van der Waals surface area contributed by atoms with Crippen LogP contribution in [-0.2, 0) is 0 Å². The molecule has 3 aliphatic rings. The van der Waals surface area contributed by atoms with Gasteiger partial charge in [-0.2, -0.15) is 0 Å². The van der Waals surface area contributed by atoms with Crippen LogP contribution >= 0.6 is 0 Å². The average molecular weight is 208 g/mol. The van der Waals surface area contributed by atoms with E-state index >= 15 is 0 Å². The van der Waals surface area contributed by atoms with Gasteiger partial charge in [0.1, 0.15) is 0 Å². The van der Waals surface area contributed by atoms with Gasteiger partial charge in [-0.3, -0.25) is 0 Å². The molecule has 0 aliphatic heterocycles. The summed E-state index contributed by atoms with van der Waals surface area (Å²) in [6, 6.07) is 0. The second-order valence-electron chi connectivity index (χ2n) is 6.29. The summed E-state index contributed by atoms with van der Waals surface area (Å²) < 4.78 is 0. The lowest BCUT2D eigenvalue weighted by Gasteiger charge is -2.58. The molecule has 88 valence electrons. The lowest BCUT2D eigenvalue weighted by molar-refractivity contribution is -0.0960. The van der Waals surface area contributed by atoms with Crippen molar-refractivity contribution in [1.82, 2.24) is 0 Å². The Kier molecular flexibility index (Phi) is 3.42. The molecule has 15 heavy (non-hydrogen) atoms. The lowest BCUT2D eigenvalue weighted by Crippen LogP contribution is -2.51. The molecule has 0 heteroatoms. The summed E-state index contributed by atoms with van der Waals surface area (Å²) in [6.45, 7) is 9.75. The fourth-order valence-electron chi connectivity index (χ4n) is 4.85. The Morgan fingerprint density at radius 1 is 1.20 bits per heavy atom. The van der Waals surface area contributed by atoms with Crippen LogP contribution < -0.4 is 0 Å². The third kappa shape index (κ3) is 1.85. The van der Waals surface area contributed by atoms with Crippen molar-refractivity contribution in [2.75, 3.05) is 0 Å². The minimum Gasteiger partial charge on any atom is -0.0654 e. The first-order valence-electron chi connectivity index (χ1n) is 7.19. The highest BCUT2D eigenvalue weighted by Crippen LogP contribution is 2.59. The van der Waals surface area contributed by atoms with Crippen molar-refractivity contribution in [1.29, 1.82) is 0 Å². The fourth-order valence-corrected chi connectivity index (χ4v) is 4.85. The van der Waals surface area contributed by atoms with Crippen molar-refractivity contribution in [3.63, 3.8) is 0 Å². The van der Waals surface area contributed by atoms with Crippen LogP contribution in [0.2, 0.25) is 0 Å². The van der Waals surface area contributed by atoms with Crippen LogP contribution in [0.15, 0.2) is 0 Å². The van der Waals surface area contributed by atoms with Crippen molar-refractivity contribution in [3.8, 4) is 0 Å². The van der Waals surface area contributed by atoms with Gasteiger partial charge in [0.15, 0.2) is 0 Å². The standard InChI is InChI=1S/C15H28/c1-5-7-10(3)15-12-8-11(4)13(6-2)14(15)9-12/h10-15H,5-9H2,1-4H3. The highest BCUT2D eigenvalue weighted by atomic mass is 14.6. The molecule has 3 saturated carbocycles. The van der Waals surface area contributed by atoms with E-state index in [-0.39, 0.29) is 0 Å². The van der Waals surface area contributed by atoms with E-state index < -0.39 is 0 Å². The van der Waals surface area contributed by atoms with Crippen LogP contribution in [0.3, 0.4) is 0 Å². The predicted molar refractivity (Wildman–Crippen MR) is 66.7 cm³/mol. The minimum atomic E-state index is 1.00. The van der Waals surface area contributed by atoms with Crippen LogP contribution in [0.5, 0.6) is 0 Å². The summed E-state index contributed by atoms with van der Waals surface area (Å²) in [5, 5.41) is 0. The Hall–Kier alpha value is 0. The van der Waals surface area contributed by atoms with Gasteiger partial charge in [0.2, 0.25) is 0 Å². The Labute approximate surface area is 95.8 Å². The van der Waals surface area contributed by atoms with E-state index in [1.54, 1.807) is 6.42 Å². The molecule has 0 aromatic carbocycles. The van der Waals surface area contributed by atoms with Gasteiger partial charge in [0.05, 0.1) is 0 Å². The van der Waals surface area contributed by atoms with E-state index in [1.807, 2.05) is 0 Å². The summed E-state index contributed by atoms with van der Waals surface area (Å²) >= 11 is 0. The Balaban J connectivity index is 1.99. The molecule has 3 fully saturated rings. The second kappa shape index (κ2) is 4.47. The van der Waals surface area contributed by atoms with Gasteiger partial charge < -0.3 is 0 Å². The van der Waals surface area contributed by atoms with E-state index in [4.69, 9.17) is 0 Å². The summed E-state index contributed by atoms with van der Waals surface area (Å²) in [6.07, 6.45) is 7.37. The highest BCUT2D eigenvalue weighted by Gasteiger charge is 2.52. The monoisotopic (exact) mass is 208 g/mol. The summed E-state index contributed by atoms with van der Waals surface area (Å²) in [5.74, 6) is 6.38. The summed E-state index contributed by atoms with van der Waals surface area (Å²) in [5.41, 5.74) is 0. The Morgan fingerprint density at radius 3 is 2.53 bits per heavy atom. The van der Waals surface area contributed by atoms with Gasteiger partial charge in [-0.15, -0.1) is 0 Å². The maximum atomic E-state index is 2.51. The molecule has 6 atom stereocenters. The Bertz CT molecular complexity index is 206. The highest BCUT2D eigenvalue weighted by molar-refractivity contribution is 5.00. The van der Waals surface area contributed by atoms with Gasteiger partial charge >= 0.3 is 0 Å². The number of hydrogen-bond donors (Lipinski definition) is 0. The van der Waals surface area contributed by atoms with Gasteiger partial charge in [0.25, 0.3) is 0 Å². The summed E-state index contributed by atoms with van der Waals surface area (Å²) in [4.78, 5) is 0. The van der Waals surface area contributed by atoms with Crippen molar-refractivity contribution >= 4 is 0 Å².